The lowest BCUT2D eigenvalue weighted by molar-refractivity contribution is -0.129. The van der Waals surface area contributed by atoms with E-state index in [1.807, 2.05) is 0 Å². The van der Waals surface area contributed by atoms with Crippen molar-refractivity contribution in [2.24, 2.45) is 0 Å². The fourth-order valence-corrected chi connectivity index (χ4v) is 3.86. The minimum Gasteiger partial charge on any atom is -0.449 e. The molecule has 0 fully saturated rings. The Labute approximate surface area is 155 Å². The van der Waals surface area contributed by atoms with Crippen molar-refractivity contribution < 1.29 is 22.7 Å². The van der Waals surface area contributed by atoms with Gasteiger partial charge in [-0.1, -0.05) is 19.9 Å². The van der Waals surface area contributed by atoms with E-state index < -0.39 is 28.0 Å². The average molecular weight is 384 g/mol. The standard InChI is InChI=1S/C18H28N2O5S/c1-7-20(8-2)26(23,24)15-10-9-13(5)16(11-15)18(22)25-14(6)17(21)19-12(3)4/h9-12,14H,7-8H2,1-6H3,(H,19,21)/t14-/m0/s1. The molecule has 26 heavy (non-hydrogen) atoms. The minimum atomic E-state index is -3.69. The Morgan fingerprint density at radius 1 is 1.15 bits per heavy atom. The van der Waals surface area contributed by atoms with Gasteiger partial charge in [-0.3, -0.25) is 4.79 Å². The summed E-state index contributed by atoms with van der Waals surface area (Å²) in [5.74, 6) is -1.14. The highest BCUT2D eigenvalue weighted by molar-refractivity contribution is 7.89. The fraction of sp³-hybridized carbons (Fsp3) is 0.556. The number of nitrogens with zero attached hydrogens (tertiary/aromatic N) is 1. The van der Waals surface area contributed by atoms with E-state index in [1.165, 1.54) is 23.4 Å². The molecule has 0 heterocycles. The summed E-state index contributed by atoms with van der Waals surface area (Å²) in [7, 11) is -3.69. The molecule has 8 heteroatoms. The SMILES string of the molecule is CCN(CC)S(=O)(=O)c1ccc(C)c(C(=O)O[C@@H](C)C(=O)NC(C)C)c1. The first-order valence-electron chi connectivity index (χ1n) is 8.66. The number of sulfonamides is 1. The molecule has 0 aromatic heterocycles. The van der Waals surface area contributed by atoms with Crippen LogP contribution in [0.25, 0.3) is 0 Å². The van der Waals surface area contributed by atoms with Crippen LogP contribution in [0.4, 0.5) is 0 Å². The van der Waals surface area contributed by atoms with Crippen LogP contribution in [0.2, 0.25) is 0 Å². The minimum absolute atomic E-state index is 0.0260. The summed E-state index contributed by atoms with van der Waals surface area (Å²) in [6.07, 6.45) is -0.979. The van der Waals surface area contributed by atoms with Crippen molar-refractivity contribution in [3.05, 3.63) is 29.3 Å². The van der Waals surface area contributed by atoms with E-state index in [0.717, 1.165) is 0 Å². The zero-order valence-electron chi connectivity index (χ0n) is 16.2. The molecule has 0 unspecified atom stereocenters. The van der Waals surface area contributed by atoms with Crippen LogP contribution in [-0.4, -0.2) is 49.8 Å². The number of carbonyl (C=O) groups is 2. The summed E-state index contributed by atoms with van der Waals surface area (Å²) in [4.78, 5) is 24.4. The molecule has 0 aliphatic heterocycles. The molecular formula is C18H28N2O5S. The van der Waals surface area contributed by atoms with Gasteiger partial charge in [-0.25, -0.2) is 13.2 Å². The number of rotatable bonds is 8. The van der Waals surface area contributed by atoms with E-state index in [0.29, 0.717) is 18.7 Å². The second-order valence-electron chi connectivity index (χ2n) is 6.28. The third kappa shape index (κ3) is 5.28. The normalized spacial score (nSPS) is 12.9. The van der Waals surface area contributed by atoms with Crippen LogP contribution >= 0.6 is 0 Å². The fourth-order valence-electron chi connectivity index (χ4n) is 2.37. The van der Waals surface area contributed by atoms with Crippen LogP contribution in [0, 0.1) is 6.92 Å². The maximum Gasteiger partial charge on any atom is 0.339 e. The summed E-state index contributed by atoms with van der Waals surface area (Å²) in [5, 5.41) is 2.66. The molecule has 0 spiro atoms. The summed E-state index contributed by atoms with van der Waals surface area (Å²) in [5.41, 5.74) is 0.701. The molecular weight excluding hydrogens is 356 g/mol. The van der Waals surface area contributed by atoms with Crippen molar-refractivity contribution in [1.82, 2.24) is 9.62 Å². The highest BCUT2D eigenvalue weighted by Crippen LogP contribution is 2.20. The lowest BCUT2D eigenvalue weighted by Gasteiger charge is -2.19. The third-order valence-corrected chi connectivity index (χ3v) is 5.90. The number of hydrogen-bond donors (Lipinski definition) is 1. The van der Waals surface area contributed by atoms with Gasteiger partial charge in [0.2, 0.25) is 10.0 Å². The molecule has 1 atom stereocenters. The van der Waals surface area contributed by atoms with Gasteiger partial charge in [0, 0.05) is 19.1 Å². The maximum atomic E-state index is 12.6. The van der Waals surface area contributed by atoms with Crippen LogP contribution in [0.3, 0.4) is 0 Å². The number of nitrogens with one attached hydrogen (secondary N) is 1. The van der Waals surface area contributed by atoms with Crippen molar-refractivity contribution in [2.45, 2.75) is 58.6 Å². The molecule has 0 aliphatic rings. The zero-order valence-corrected chi connectivity index (χ0v) is 17.0. The summed E-state index contributed by atoms with van der Waals surface area (Å²) < 4.78 is 31.8. The lowest BCUT2D eigenvalue weighted by Crippen LogP contribution is -2.39. The number of ether oxygens (including phenoxy) is 1. The Balaban J connectivity index is 3.11. The molecule has 0 saturated carbocycles. The van der Waals surface area contributed by atoms with Crippen molar-refractivity contribution in [3.8, 4) is 0 Å². The molecule has 146 valence electrons. The van der Waals surface area contributed by atoms with Crippen LogP contribution in [0.1, 0.15) is 50.5 Å². The Kier molecular flexibility index (Phi) is 7.77. The Bertz CT molecular complexity index is 755. The van der Waals surface area contributed by atoms with Gasteiger partial charge in [-0.2, -0.15) is 4.31 Å². The molecule has 7 nitrogen and oxygen atoms in total. The lowest BCUT2D eigenvalue weighted by atomic mass is 10.1. The Hall–Kier alpha value is -1.93. The predicted octanol–water partition coefficient (Wildman–Crippen LogP) is 2.10. The van der Waals surface area contributed by atoms with Crippen molar-refractivity contribution >= 4 is 21.9 Å². The van der Waals surface area contributed by atoms with Gasteiger partial charge >= 0.3 is 5.97 Å². The molecule has 0 bridgehead atoms. The largest absolute Gasteiger partial charge is 0.449 e. The van der Waals surface area contributed by atoms with Gasteiger partial charge in [-0.15, -0.1) is 0 Å². The van der Waals surface area contributed by atoms with Crippen LogP contribution in [0.15, 0.2) is 23.1 Å². The van der Waals surface area contributed by atoms with Gasteiger partial charge in [0.1, 0.15) is 0 Å². The maximum absolute atomic E-state index is 12.6. The highest BCUT2D eigenvalue weighted by Gasteiger charge is 2.25. The number of aryl methyl sites for hydroxylation is 1. The Morgan fingerprint density at radius 3 is 2.23 bits per heavy atom. The molecule has 1 N–H and O–H groups in total. The number of esters is 1. The number of hydrogen-bond acceptors (Lipinski definition) is 5. The quantitative estimate of drug-likeness (QED) is 0.693. The van der Waals surface area contributed by atoms with Crippen LogP contribution in [0.5, 0.6) is 0 Å². The van der Waals surface area contributed by atoms with Gasteiger partial charge in [0.05, 0.1) is 10.5 Å². The van der Waals surface area contributed by atoms with E-state index >= 15 is 0 Å². The van der Waals surface area contributed by atoms with Crippen molar-refractivity contribution in [3.63, 3.8) is 0 Å². The number of amides is 1. The Morgan fingerprint density at radius 2 is 1.73 bits per heavy atom. The van der Waals surface area contributed by atoms with Gasteiger partial charge in [0.15, 0.2) is 6.10 Å². The summed E-state index contributed by atoms with van der Waals surface area (Å²) in [6, 6.07) is 4.26. The predicted molar refractivity (Wildman–Crippen MR) is 99.4 cm³/mol. The van der Waals surface area contributed by atoms with Gasteiger partial charge in [-0.05, 0) is 45.4 Å². The van der Waals surface area contributed by atoms with E-state index in [9.17, 15) is 18.0 Å². The molecule has 1 aromatic carbocycles. The van der Waals surface area contributed by atoms with Gasteiger partial charge in [0.25, 0.3) is 5.91 Å². The smallest absolute Gasteiger partial charge is 0.339 e. The highest BCUT2D eigenvalue weighted by atomic mass is 32.2. The average Bonchev–Trinajstić information content (AvgIpc) is 2.55. The van der Waals surface area contributed by atoms with E-state index in [4.69, 9.17) is 4.74 Å². The molecule has 1 amide bonds. The third-order valence-electron chi connectivity index (χ3n) is 3.86. The van der Waals surface area contributed by atoms with Crippen molar-refractivity contribution in [2.75, 3.05) is 13.1 Å². The van der Waals surface area contributed by atoms with Gasteiger partial charge < -0.3 is 10.1 Å². The van der Waals surface area contributed by atoms with Crippen LogP contribution < -0.4 is 5.32 Å². The molecule has 0 radical (unpaired) electrons. The first kappa shape index (κ1) is 22.1. The second kappa shape index (κ2) is 9.14. The summed E-state index contributed by atoms with van der Waals surface area (Å²) >= 11 is 0. The topological polar surface area (TPSA) is 92.8 Å². The van der Waals surface area contributed by atoms with E-state index in [-0.39, 0.29) is 16.5 Å². The van der Waals surface area contributed by atoms with E-state index in [1.54, 1.807) is 40.7 Å². The first-order chi connectivity index (χ1) is 12.0. The summed E-state index contributed by atoms with van der Waals surface area (Å²) in [6.45, 7) is 10.9. The monoisotopic (exact) mass is 384 g/mol. The number of carbonyl (C=O) groups excluding carboxylic acids is 2. The molecule has 0 aliphatic carbocycles. The molecule has 1 rings (SSSR count). The second-order valence-corrected chi connectivity index (χ2v) is 8.21. The van der Waals surface area contributed by atoms with Crippen molar-refractivity contribution in [1.29, 1.82) is 0 Å². The van der Waals surface area contributed by atoms with Crippen LogP contribution in [-0.2, 0) is 19.6 Å². The zero-order chi connectivity index (χ0) is 20.1. The number of benzene rings is 1. The molecule has 0 saturated heterocycles. The van der Waals surface area contributed by atoms with E-state index in [2.05, 4.69) is 5.32 Å². The molecule has 1 aromatic rings. The first-order valence-corrected chi connectivity index (χ1v) is 10.1.